The molecule has 0 radical (unpaired) electrons. The van der Waals surface area contributed by atoms with Gasteiger partial charge in [0, 0.05) is 22.9 Å². The zero-order valence-corrected chi connectivity index (χ0v) is 13.4. The highest BCUT2D eigenvalue weighted by Gasteiger charge is 2.34. The summed E-state index contributed by atoms with van der Waals surface area (Å²) in [5.41, 5.74) is 5.70. The third kappa shape index (κ3) is 2.28. The Kier molecular flexibility index (Phi) is 3.77. The van der Waals surface area contributed by atoms with E-state index in [4.69, 9.17) is 0 Å². The molecule has 0 aromatic heterocycles. The number of rotatable bonds is 3. The van der Waals surface area contributed by atoms with Crippen LogP contribution < -0.4 is 4.90 Å². The molecule has 0 N–H and O–H groups in total. The molecule has 0 amide bonds. The van der Waals surface area contributed by atoms with E-state index < -0.39 is 0 Å². The highest BCUT2D eigenvalue weighted by Crippen LogP contribution is 2.42. The van der Waals surface area contributed by atoms with Crippen LogP contribution in [0.15, 0.2) is 18.2 Å². The van der Waals surface area contributed by atoms with Crippen LogP contribution >= 0.6 is 0 Å². The number of carbonyl (C=O) groups is 1. The van der Waals surface area contributed by atoms with Gasteiger partial charge in [0.1, 0.15) is 6.29 Å². The summed E-state index contributed by atoms with van der Waals surface area (Å²) in [5.74, 6) is 0. The monoisotopic (exact) mass is 271 g/mol. The first-order valence-electron chi connectivity index (χ1n) is 7.40. The molecular formula is C18H25NO. The van der Waals surface area contributed by atoms with Gasteiger partial charge < -0.3 is 4.90 Å². The summed E-state index contributed by atoms with van der Waals surface area (Å²) >= 11 is 0. The Morgan fingerprint density at radius 3 is 2.50 bits per heavy atom. The molecule has 0 spiro atoms. The van der Waals surface area contributed by atoms with Crippen LogP contribution in [0.1, 0.15) is 62.5 Å². The molecule has 1 aromatic carbocycles. The van der Waals surface area contributed by atoms with Crippen molar-refractivity contribution in [3.8, 4) is 0 Å². The predicted octanol–water partition coefficient (Wildman–Crippen LogP) is 4.61. The average Bonchev–Trinajstić information content (AvgIpc) is 2.38. The van der Waals surface area contributed by atoms with Gasteiger partial charge in [-0.25, -0.2) is 0 Å². The number of fused-ring (bicyclic) bond motifs is 1. The van der Waals surface area contributed by atoms with Gasteiger partial charge >= 0.3 is 0 Å². The molecule has 0 saturated carbocycles. The van der Waals surface area contributed by atoms with E-state index in [0.717, 1.165) is 18.3 Å². The van der Waals surface area contributed by atoms with Crippen molar-refractivity contribution in [3.63, 3.8) is 0 Å². The molecule has 0 fully saturated rings. The summed E-state index contributed by atoms with van der Waals surface area (Å²) < 4.78 is 0. The van der Waals surface area contributed by atoms with Crippen LogP contribution in [0.4, 0.5) is 5.69 Å². The Morgan fingerprint density at radius 1 is 1.30 bits per heavy atom. The molecule has 1 aliphatic rings. The van der Waals surface area contributed by atoms with E-state index in [1.165, 1.54) is 22.4 Å². The molecule has 0 aliphatic carbocycles. The Bertz CT molecular complexity index is 569. The van der Waals surface area contributed by atoms with E-state index in [-0.39, 0.29) is 5.54 Å². The molecular weight excluding hydrogens is 246 g/mol. The molecule has 108 valence electrons. The number of nitrogens with zero attached hydrogens (tertiary/aromatic N) is 1. The van der Waals surface area contributed by atoms with E-state index in [1.807, 2.05) is 12.1 Å². The largest absolute Gasteiger partial charge is 0.360 e. The van der Waals surface area contributed by atoms with Gasteiger partial charge in [-0.3, -0.25) is 4.79 Å². The minimum absolute atomic E-state index is 0.0000341. The van der Waals surface area contributed by atoms with Crippen molar-refractivity contribution in [1.29, 1.82) is 0 Å². The first-order chi connectivity index (χ1) is 9.31. The third-order valence-corrected chi connectivity index (χ3v) is 4.35. The Hall–Kier alpha value is -1.57. The lowest BCUT2D eigenvalue weighted by Gasteiger charge is -2.47. The third-order valence-electron chi connectivity index (χ3n) is 4.35. The topological polar surface area (TPSA) is 20.3 Å². The number of carbonyl (C=O) groups excluding carboxylic acids is 1. The lowest BCUT2D eigenvalue weighted by Crippen LogP contribution is -2.50. The fourth-order valence-corrected chi connectivity index (χ4v) is 3.43. The number of hydrogen-bond acceptors (Lipinski definition) is 2. The fourth-order valence-electron chi connectivity index (χ4n) is 3.43. The first kappa shape index (κ1) is 14.8. The predicted molar refractivity (Wildman–Crippen MR) is 86.5 cm³/mol. The van der Waals surface area contributed by atoms with Crippen molar-refractivity contribution in [1.82, 2.24) is 0 Å². The van der Waals surface area contributed by atoms with Gasteiger partial charge in [-0.15, -0.1) is 0 Å². The first-order valence-corrected chi connectivity index (χ1v) is 7.40. The average molecular weight is 271 g/mol. The van der Waals surface area contributed by atoms with Crippen LogP contribution in [-0.4, -0.2) is 17.9 Å². The molecule has 1 heterocycles. The van der Waals surface area contributed by atoms with Gasteiger partial charge in [0.25, 0.3) is 0 Å². The maximum atomic E-state index is 11.1. The van der Waals surface area contributed by atoms with Crippen molar-refractivity contribution in [2.24, 2.45) is 0 Å². The van der Waals surface area contributed by atoms with Gasteiger partial charge in [0.05, 0.1) is 5.54 Å². The molecule has 1 unspecified atom stereocenters. The molecule has 1 aliphatic heterocycles. The van der Waals surface area contributed by atoms with Crippen LogP contribution in [0.3, 0.4) is 0 Å². The number of allylic oxidation sites excluding steroid dienone is 1. The van der Waals surface area contributed by atoms with Gasteiger partial charge in [0.2, 0.25) is 0 Å². The zero-order chi connectivity index (χ0) is 15.1. The molecule has 0 bridgehead atoms. The highest BCUT2D eigenvalue weighted by atomic mass is 16.1. The number of benzene rings is 1. The second-order valence-electron chi connectivity index (χ2n) is 6.46. The lowest BCUT2D eigenvalue weighted by atomic mass is 9.85. The molecule has 1 aromatic rings. The molecule has 2 heteroatoms. The van der Waals surface area contributed by atoms with Crippen molar-refractivity contribution in [2.45, 2.75) is 59.5 Å². The summed E-state index contributed by atoms with van der Waals surface area (Å²) in [6, 6.07) is 4.48. The number of hydrogen-bond donors (Lipinski definition) is 0. The highest BCUT2D eigenvalue weighted by molar-refractivity contribution is 5.88. The summed E-state index contributed by atoms with van der Waals surface area (Å²) in [4.78, 5) is 13.6. The van der Waals surface area contributed by atoms with Crippen LogP contribution in [0, 0.1) is 6.92 Å². The van der Waals surface area contributed by atoms with Crippen molar-refractivity contribution < 1.29 is 4.79 Å². The van der Waals surface area contributed by atoms with Gasteiger partial charge in [-0.2, -0.15) is 0 Å². The standard InChI is InChI=1S/C18H25NO/c1-7-14(4)19-17-12(2)8-15(11-20)9-16(17)13(3)10-18(19,5)6/h8-11,14H,7H2,1-6H3. The Morgan fingerprint density at radius 2 is 1.95 bits per heavy atom. The second kappa shape index (κ2) is 5.08. The van der Waals surface area contributed by atoms with E-state index in [0.29, 0.717) is 6.04 Å². The summed E-state index contributed by atoms with van der Waals surface area (Å²) in [6.07, 6.45) is 4.36. The van der Waals surface area contributed by atoms with Gasteiger partial charge in [0.15, 0.2) is 0 Å². The molecule has 2 nitrogen and oxygen atoms in total. The van der Waals surface area contributed by atoms with E-state index in [1.54, 1.807) is 0 Å². The molecule has 0 saturated heterocycles. The van der Waals surface area contributed by atoms with E-state index in [2.05, 4.69) is 52.5 Å². The fraction of sp³-hybridized carbons (Fsp3) is 0.500. The second-order valence-corrected chi connectivity index (χ2v) is 6.46. The maximum absolute atomic E-state index is 11.1. The lowest BCUT2D eigenvalue weighted by molar-refractivity contribution is 0.112. The van der Waals surface area contributed by atoms with Crippen LogP contribution in [0.5, 0.6) is 0 Å². The van der Waals surface area contributed by atoms with Crippen molar-refractivity contribution >= 4 is 17.5 Å². The van der Waals surface area contributed by atoms with E-state index >= 15 is 0 Å². The van der Waals surface area contributed by atoms with Gasteiger partial charge in [-0.1, -0.05) is 13.0 Å². The Labute approximate surface area is 122 Å². The summed E-state index contributed by atoms with van der Waals surface area (Å²) in [5, 5.41) is 0. The SMILES string of the molecule is CCC(C)N1c2c(C)cc(C=O)cc2C(C)=CC1(C)C. The van der Waals surface area contributed by atoms with Crippen LogP contribution in [0.25, 0.3) is 5.57 Å². The number of aryl methyl sites for hydroxylation is 1. The molecule has 2 rings (SSSR count). The number of aldehydes is 1. The molecule has 20 heavy (non-hydrogen) atoms. The van der Waals surface area contributed by atoms with Crippen molar-refractivity contribution in [2.75, 3.05) is 4.90 Å². The van der Waals surface area contributed by atoms with Gasteiger partial charge in [-0.05, 0) is 64.3 Å². The van der Waals surface area contributed by atoms with Crippen LogP contribution in [-0.2, 0) is 0 Å². The number of anilines is 1. The molecule has 1 atom stereocenters. The van der Waals surface area contributed by atoms with Crippen molar-refractivity contribution in [3.05, 3.63) is 34.9 Å². The maximum Gasteiger partial charge on any atom is 0.150 e. The Balaban J connectivity index is 2.73. The smallest absolute Gasteiger partial charge is 0.150 e. The summed E-state index contributed by atoms with van der Waals surface area (Å²) in [7, 11) is 0. The normalized spacial score (nSPS) is 18.3. The minimum Gasteiger partial charge on any atom is -0.360 e. The quantitative estimate of drug-likeness (QED) is 0.748. The minimum atomic E-state index is -0.0000341. The van der Waals surface area contributed by atoms with Crippen LogP contribution in [0.2, 0.25) is 0 Å². The van der Waals surface area contributed by atoms with E-state index in [9.17, 15) is 4.79 Å². The summed E-state index contributed by atoms with van der Waals surface area (Å²) in [6.45, 7) is 13.3. The zero-order valence-electron chi connectivity index (χ0n) is 13.4.